The number of hydrogen-bond donors (Lipinski definition) is 1. The van der Waals surface area contributed by atoms with E-state index in [1.165, 1.54) is 16.0 Å². The highest BCUT2D eigenvalue weighted by atomic mass is 32.1. The number of rotatable bonds is 4. The van der Waals surface area contributed by atoms with Crippen LogP contribution in [0.3, 0.4) is 0 Å². The summed E-state index contributed by atoms with van der Waals surface area (Å²) in [5, 5.41) is 9.46. The molecule has 26 heavy (non-hydrogen) atoms. The average Bonchev–Trinajstić information content (AvgIpc) is 3.30. The summed E-state index contributed by atoms with van der Waals surface area (Å²) in [5.74, 6) is -0.320. The minimum atomic E-state index is -0.712. The average molecular weight is 367 g/mol. The maximum Gasteiger partial charge on any atom is 0.267 e. The van der Waals surface area contributed by atoms with Crippen LogP contribution in [0.15, 0.2) is 40.6 Å². The maximum atomic E-state index is 12.6. The molecule has 1 atom stereocenters. The number of nitrogens with zero attached hydrogens (tertiary/aromatic N) is 4. The van der Waals surface area contributed by atoms with Gasteiger partial charge in [-0.3, -0.25) is 14.6 Å². The molecule has 0 saturated heterocycles. The second-order valence-electron chi connectivity index (χ2n) is 6.17. The van der Waals surface area contributed by atoms with Gasteiger partial charge < -0.3 is 5.32 Å². The Bertz CT molecular complexity index is 1010. The minimum Gasteiger partial charge on any atom is -0.300 e. The van der Waals surface area contributed by atoms with Crippen LogP contribution in [0.1, 0.15) is 30.6 Å². The number of amides is 1. The molecule has 0 fully saturated rings. The predicted molar refractivity (Wildman–Crippen MR) is 99.2 cm³/mol. The van der Waals surface area contributed by atoms with Crippen LogP contribution in [0.25, 0.3) is 11.4 Å². The van der Waals surface area contributed by atoms with Crippen LogP contribution in [-0.4, -0.2) is 25.7 Å². The highest BCUT2D eigenvalue weighted by Crippen LogP contribution is 2.24. The van der Waals surface area contributed by atoms with E-state index < -0.39 is 6.04 Å². The molecule has 132 valence electrons. The molecule has 7 nitrogen and oxygen atoms in total. The second-order valence-corrected chi connectivity index (χ2v) is 7.03. The maximum absolute atomic E-state index is 12.6. The fourth-order valence-corrected chi connectivity index (χ4v) is 3.68. The molecule has 8 heteroatoms. The Hall–Kier alpha value is -2.87. The molecular formula is C18H17N5O2S. The quantitative estimate of drug-likeness (QED) is 0.765. The van der Waals surface area contributed by atoms with Gasteiger partial charge in [-0.15, -0.1) is 11.3 Å². The Labute approximate surface area is 153 Å². The summed E-state index contributed by atoms with van der Waals surface area (Å²) in [6, 6.07) is 6.46. The van der Waals surface area contributed by atoms with Crippen molar-refractivity contribution in [2.24, 2.45) is 0 Å². The van der Waals surface area contributed by atoms with Gasteiger partial charge in [-0.25, -0.2) is 9.67 Å². The first kappa shape index (κ1) is 16.6. The van der Waals surface area contributed by atoms with Gasteiger partial charge in [0.25, 0.3) is 11.5 Å². The first-order valence-electron chi connectivity index (χ1n) is 8.41. The molecule has 1 N–H and O–H groups in total. The van der Waals surface area contributed by atoms with Gasteiger partial charge >= 0.3 is 0 Å². The van der Waals surface area contributed by atoms with Crippen molar-refractivity contribution in [3.8, 4) is 11.4 Å². The van der Waals surface area contributed by atoms with E-state index in [4.69, 9.17) is 0 Å². The molecule has 0 saturated carbocycles. The van der Waals surface area contributed by atoms with Crippen molar-refractivity contribution in [2.75, 3.05) is 5.32 Å². The molecule has 4 rings (SSSR count). The molecular weight excluding hydrogens is 350 g/mol. The predicted octanol–water partition coefficient (Wildman–Crippen LogP) is 2.45. The summed E-state index contributed by atoms with van der Waals surface area (Å²) in [7, 11) is 0. The highest BCUT2D eigenvalue weighted by Gasteiger charge is 2.22. The van der Waals surface area contributed by atoms with Gasteiger partial charge in [0.15, 0.2) is 5.13 Å². The van der Waals surface area contributed by atoms with Crippen molar-refractivity contribution in [3.05, 3.63) is 57.5 Å². The lowest BCUT2D eigenvalue weighted by Crippen LogP contribution is -2.33. The van der Waals surface area contributed by atoms with Crippen molar-refractivity contribution >= 4 is 22.4 Å². The summed E-state index contributed by atoms with van der Waals surface area (Å²) in [6.45, 7) is 1.67. The number of thiazole rings is 1. The third-order valence-electron chi connectivity index (χ3n) is 4.39. The Balaban J connectivity index is 1.52. The minimum absolute atomic E-state index is 0.249. The van der Waals surface area contributed by atoms with Crippen LogP contribution in [0.2, 0.25) is 0 Å². The molecule has 1 amide bonds. The zero-order chi connectivity index (χ0) is 18.1. The summed E-state index contributed by atoms with van der Waals surface area (Å²) in [4.78, 5) is 33.5. The van der Waals surface area contributed by atoms with Gasteiger partial charge in [0.2, 0.25) is 0 Å². The van der Waals surface area contributed by atoms with Gasteiger partial charge in [-0.1, -0.05) is 6.07 Å². The Morgan fingerprint density at radius 1 is 1.31 bits per heavy atom. The second kappa shape index (κ2) is 6.80. The summed E-state index contributed by atoms with van der Waals surface area (Å²) in [6.07, 6.45) is 4.43. The van der Waals surface area contributed by atoms with E-state index in [1.54, 1.807) is 19.2 Å². The smallest absolute Gasteiger partial charge is 0.267 e. The number of anilines is 1. The van der Waals surface area contributed by atoms with E-state index in [0.29, 0.717) is 10.8 Å². The van der Waals surface area contributed by atoms with Gasteiger partial charge in [0.05, 0.1) is 11.4 Å². The van der Waals surface area contributed by atoms with E-state index in [0.717, 1.165) is 36.2 Å². The summed E-state index contributed by atoms with van der Waals surface area (Å²) in [5.41, 5.74) is 3.11. The number of fused-ring (bicyclic) bond motifs is 1. The van der Waals surface area contributed by atoms with Crippen LogP contribution < -0.4 is 10.9 Å². The SMILES string of the molecule is CC(C(=O)Nc1nc(-c2ccccn2)cs1)n1nc2c(cc1=O)CCC2. The van der Waals surface area contributed by atoms with Crippen LogP contribution >= 0.6 is 11.3 Å². The molecule has 1 aliphatic carbocycles. The Morgan fingerprint density at radius 3 is 3.00 bits per heavy atom. The summed E-state index contributed by atoms with van der Waals surface area (Å²) < 4.78 is 1.26. The topological polar surface area (TPSA) is 89.8 Å². The lowest BCUT2D eigenvalue weighted by Gasteiger charge is -2.14. The third-order valence-corrected chi connectivity index (χ3v) is 5.15. The van der Waals surface area contributed by atoms with Crippen LogP contribution in [0, 0.1) is 0 Å². The molecule has 0 bridgehead atoms. The van der Waals surface area contributed by atoms with E-state index in [2.05, 4.69) is 20.4 Å². The Kier molecular flexibility index (Phi) is 4.34. The van der Waals surface area contributed by atoms with E-state index in [9.17, 15) is 9.59 Å². The van der Waals surface area contributed by atoms with Crippen molar-refractivity contribution in [1.29, 1.82) is 0 Å². The van der Waals surface area contributed by atoms with Gasteiger partial charge in [-0.2, -0.15) is 5.10 Å². The third kappa shape index (κ3) is 3.15. The molecule has 0 aliphatic heterocycles. The van der Waals surface area contributed by atoms with Gasteiger partial charge in [-0.05, 0) is 43.9 Å². The first-order chi connectivity index (χ1) is 12.6. The fraction of sp³-hybridized carbons (Fsp3) is 0.278. The molecule has 0 aromatic carbocycles. The molecule has 3 aromatic heterocycles. The van der Waals surface area contributed by atoms with Gasteiger partial charge in [0, 0.05) is 17.6 Å². The van der Waals surface area contributed by atoms with E-state index in [1.807, 2.05) is 23.6 Å². The fourth-order valence-electron chi connectivity index (χ4n) is 2.98. The molecule has 3 aromatic rings. The largest absolute Gasteiger partial charge is 0.300 e. The summed E-state index contributed by atoms with van der Waals surface area (Å²) >= 11 is 1.32. The van der Waals surface area contributed by atoms with Crippen LogP contribution in [-0.2, 0) is 17.6 Å². The molecule has 1 aliphatic rings. The van der Waals surface area contributed by atoms with Crippen LogP contribution in [0.4, 0.5) is 5.13 Å². The van der Waals surface area contributed by atoms with Crippen molar-refractivity contribution in [1.82, 2.24) is 19.7 Å². The number of hydrogen-bond acceptors (Lipinski definition) is 6. The number of aromatic nitrogens is 4. The lowest BCUT2D eigenvalue weighted by atomic mass is 10.2. The van der Waals surface area contributed by atoms with Crippen molar-refractivity contribution in [2.45, 2.75) is 32.2 Å². The van der Waals surface area contributed by atoms with Crippen molar-refractivity contribution < 1.29 is 4.79 Å². The number of carbonyl (C=O) groups is 1. The molecule has 1 unspecified atom stereocenters. The number of nitrogens with one attached hydrogen (secondary N) is 1. The lowest BCUT2D eigenvalue weighted by molar-refractivity contribution is -0.119. The number of pyridine rings is 1. The number of carbonyl (C=O) groups excluding carboxylic acids is 1. The number of aryl methyl sites for hydroxylation is 2. The molecule has 0 spiro atoms. The van der Waals surface area contributed by atoms with Crippen LogP contribution in [0.5, 0.6) is 0 Å². The van der Waals surface area contributed by atoms with Gasteiger partial charge in [0.1, 0.15) is 11.7 Å². The highest BCUT2D eigenvalue weighted by molar-refractivity contribution is 7.14. The van der Waals surface area contributed by atoms with E-state index in [-0.39, 0.29) is 11.5 Å². The normalized spacial score (nSPS) is 14.0. The molecule has 3 heterocycles. The van der Waals surface area contributed by atoms with E-state index >= 15 is 0 Å². The zero-order valence-corrected chi connectivity index (χ0v) is 15.0. The monoisotopic (exact) mass is 367 g/mol. The zero-order valence-electron chi connectivity index (χ0n) is 14.2. The first-order valence-corrected chi connectivity index (χ1v) is 9.29. The standard InChI is InChI=1S/C18H17N5O2S/c1-11(23-16(24)9-12-5-4-7-13(12)22-23)17(25)21-18-20-15(10-26-18)14-6-2-3-8-19-14/h2-3,6,8-11H,4-5,7H2,1H3,(H,20,21,25). The van der Waals surface area contributed by atoms with Crippen molar-refractivity contribution in [3.63, 3.8) is 0 Å². The Morgan fingerprint density at radius 2 is 2.19 bits per heavy atom. The molecule has 0 radical (unpaired) electrons.